The van der Waals surface area contributed by atoms with E-state index < -0.39 is 0 Å². The Morgan fingerprint density at radius 3 is 3.00 bits per heavy atom. The second kappa shape index (κ2) is 4.10. The maximum atomic E-state index is 5.95. The van der Waals surface area contributed by atoms with Crippen LogP contribution in [0.25, 0.3) is 0 Å². The Hall–Kier alpha value is -0.870. The van der Waals surface area contributed by atoms with E-state index in [1.807, 2.05) is 12.1 Å². The molecule has 1 aliphatic carbocycles. The summed E-state index contributed by atoms with van der Waals surface area (Å²) < 4.78 is 8.19. The molecule has 2 heterocycles. The van der Waals surface area contributed by atoms with Gasteiger partial charge in [0.05, 0.1) is 11.3 Å². The minimum Gasteiger partial charge on any atom is -0.388 e. The quantitative estimate of drug-likeness (QED) is 0.819. The maximum Gasteiger partial charge on any atom is 0.120 e. The zero-order valence-electron chi connectivity index (χ0n) is 9.89. The first-order valence-corrected chi connectivity index (χ1v) is 6.72. The van der Waals surface area contributed by atoms with Gasteiger partial charge in [0.25, 0.3) is 0 Å². The first-order valence-electron chi connectivity index (χ1n) is 6.31. The summed E-state index contributed by atoms with van der Waals surface area (Å²) in [5.74, 6) is 0. The highest BCUT2D eigenvalue weighted by Crippen LogP contribution is 2.45. The van der Waals surface area contributed by atoms with Gasteiger partial charge >= 0.3 is 0 Å². The predicted octanol–water partition coefficient (Wildman–Crippen LogP) is 2.40. The molecule has 1 saturated carbocycles. The van der Waals surface area contributed by atoms with Crippen LogP contribution in [0.2, 0.25) is 0 Å². The molecular weight excluding hydrogens is 232 g/mol. The number of nitrogens with zero attached hydrogens (tertiary/aromatic N) is 1. The molecule has 2 N–H and O–H groups in total. The third-order valence-electron chi connectivity index (χ3n) is 4.16. The lowest BCUT2D eigenvalue weighted by Gasteiger charge is -2.47. The van der Waals surface area contributed by atoms with Crippen molar-refractivity contribution < 1.29 is 4.74 Å². The van der Waals surface area contributed by atoms with Crippen LogP contribution in [0.15, 0.2) is 18.3 Å². The lowest BCUT2D eigenvalue weighted by Crippen LogP contribution is -2.46. The summed E-state index contributed by atoms with van der Waals surface area (Å²) in [6.07, 6.45) is 8.00. The van der Waals surface area contributed by atoms with E-state index in [1.165, 1.54) is 19.3 Å². The number of hydrogen-bond acceptors (Lipinski definition) is 2. The highest BCUT2D eigenvalue weighted by molar-refractivity contribution is 7.80. The van der Waals surface area contributed by atoms with Crippen molar-refractivity contribution in [3.8, 4) is 0 Å². The number of rotatable bonds is 2. The van der Waals surface area contributed by atoms with Gasteiger partial charge in [-0.3, -0.25) is 0 Å². The highest BCUT2D eigenvalue weighted by atomic mass is 32.1. The van der Waals surface area contributed by atoms with Gasteiger partial charge in [-0.05, 0) is 44.2 Å². The van der Waals surface area contributed by atoms with Crippen molar-refractivity contribution in [1.82, 2.24) is 4.57 Å². The topological polar surface area (TPSA) is 40.2 Å². The van der Waals surface area contributed by atoms with E-state index in [0.29, 0.717) is 11.0 Å². The SMILES string of the molecule is NC(=S)c1cccn1C1CCOC2(CCC2)C1. The highest BCUT2D eigenvalue weighted by Gasteiger charge is 2.43. The van der Waals surface area contributed by atoms with Crippen molar-refractivity contribution in [2.75, 3.05) is 6.61 Å². The van der Waals surface area contributed by atoms with E-state index in [2.05, 4.69) is 10.8 Å². The van der Waals surface area contributed by atoms with E-state index in [9.17, 15) is 0 Å². The van der Waals surface area contributed by atoms with Crippen LogP contribution >= 0.6 is 12.2 Å². The molecule has 0 bridgehead atoms. The number of thiocarbonyl (C=S) groups is 1. The van der Waals surface area contributed by atoms with E-state index in [-0.39, 0.29) is 5.60 Å². The van der Waals surface area contributed by atoms with Crippen LogP contribution in [0.1, 0.15) is 43.8 Å². The van der Waals surface area contributed by atoms with Crippen LogP contribution in [0.5, 0.6) is 0 Å². The van der Waals surface area contributed by atoms with Crippen molar-refractivity contribution in [2.24, 2.45) is 5.73 Å². The monoisotopic (exact) mass is 250 g/mol. The molecule has 3 rings (SSSR count). The zero-order chi connectivity index (χ0) is 11.9. The largest absolute Gasteiger partial charge is 0.388 e. The maximum absolute atomic E-state index is 5.95. The Kier molecular flexibility index (Phi) is 2.71. The fraction of sp³-hybridized carbons (Fsp3) is 0.615. The third kappa shape index (κ3) is 1.89. The molecule has 1 aromatic heterocycles. The molecule has 2 aliphatic rings. The molecule has 1 aliphatic heterocycles. The average molecular weight is 250 g/mol. The first-order chi connectivity index (χ1) is 8.20. The fourth-order valence-electron chi connectivity index (χ4n) is 3.08. The molecule has 17 heavy (non-hydrogen) atoms. The van der Waals surface area contributed by atoms with Gasteiger partial charge in [0, 0.05) is 18.8 Å². The molecular formula is C13H18N2OS. The fourth-order valence-corrected chi connectivity index (χ4v) is 3.25. The van der Waals surface area contributed by atoms with Gasteiger partial charge in [0.1, 0.15) is 4.99 Å². The number of hydrogen-bond donors (Lipinski definition) is 1. The Morgan fingerprint density at radius 1 is 1.53 bits per heavy atom. The minimum atomic E-state index is 0.167. The molecule has 2 fully saturated rings. The Labute approximate surface area is 107 Å². The van der Waals surface area contributed by atoms with E-state index in [0.717, 1.165) is 25.1 Å². The second-order valence-electron chi connectivity index (χ2n) is 5.20. The molecule has 1 aromatic rings. The lowest BCUT2D eigenvalue weighted by atomic mass is 9.74. The lowest BCUT2D eigenvalue weighted by molar-refractivity contribution is -0.140. The molecule has 0 aromatic carbocycles. The molecule has 3 nitrogen and oxygen atoms in total. The summed E-state index contributed by atoms with van der Waals surface area (Å²) in [5.41, 5.74) is 6.91. The number of nitrogens with two attached hydrogens (primary N) is 1. The van der Waals surface area contributed by atoms with E-state index in [4.69, 9.17) is 22.7 Å². The van der Waals surface area contributed by atoms with Gasteiger partial charge in [-0.1, -0.05) is 12.2 Å². The second-order valence-corrected chi connectivity index (χ2v) is 5.64. The summed E-state index contributed by atoms with van der Waals surface area (Å²) in [7, 11) is 0. The van der Waals surface area contributed by atoms with E-state index >= 15 is 0 Å². The molecule has 4 heteroatoms. The van der Waals surface area contributed by atoms with Crippen molar-refractivity contribution in [2.45, 2.75) is 43.7 Å². The van der Waals surface area contributed by atoms with Gasteiger partial charge in [-0.15, -0.1) is 0 Å². The minimum absolute atomic E-state index is 0.167. The van der Waals surface area contributed by atoms with Crippen LogP contribution in [-0.4, -0.2) is 21.8 Å². The summed E-state index contributed by atoms with van der Waals surface area (Å²) in [5, 5.41) is 0. The smallest absolute Gasteiger partial charge is 0.120 e. The normalized spacial score (nSPS) is 26.7. The molecule has 1 atom stereocenters. The molecule has 0 radical (unpaired) electrons. The predicted molar refractivity (Wildman–Crippen MR) is 71.1 cm³/mol. The molecule has 1 saturated heterocycles. The Bertz CT molecular complexity index is 436. The van der Waals surface area contributed by atoms with Crippen LogP contribution in [0, 0.1) is 0 Å². The summed E-state index contributed by atoms with van der Waals surface area (Å²) in [4.78, 5) is 0.490. The van der Waals surface area contributed by atoms with Crippen molar-refractivity contribution in [3.63, 3.8) is 0 Å². The molecule has 0 amide bonds. The van der Waals surface area contributed by atoms with Gasteiger partial charge < -0.3 is 15.0 Å². The molecule has 1 spiro atoms. The summed E-state index contributed by atoms with van der Waals surface area (Å²) >= 11 is 5.10. The van der Waals surface area contributed by atoms with Crippen LogP contribution in [0.3, 0.4) is 0 Å². The van der Waals surface area contributed by atoms with Gasteiger partial charge in [0.15, 0.2) is 0 Å². The molecule has 92 valence electrons. The van der Waals surface area contributed by atoms with Crippen molar-refractivity contribution in [3.05, 3.63) is 24.0 Å². The summed E-state index contributed by atoms with van der Waals surface area (Å²) in [6.45, 7) is 0.861. The Balaban J connectivity index is 1.83. The average Bonchev–Trinajstić information content (AvgIpc) is 2.76. The van der Waals surface area contributed by atoms with Crippen molar-refractivity contribution >= 4 is 17.2 Å². The first kappa shape index (κ1) is 11.2. The zero-order valence-corrected chi connectivity index (χ0v) is 10.7. The Morgan fingerprint density at radius 2 is 2.35 bits per heavy atom. The number of ether oxygens (including phenoxy) is 1. The standard InChI is InChI=1S/C13H18N2OS/c14-12(17)11-3-1-7-15(11)10-4-8-16-13(9-10)5-2-6-13/h1,3,7,10H,2,4-6,8-9H2,(H2,14,17). The van der Waals surface area contributed by atoms with Crippen LogP contribution in [0.4, 0.5) is 0 Å². The summed E-state index contributed by atoms with van der Waals surface area (Å²) in [6, 6.07) is 4.53. The van der Waals surface area contributed by atoms with Crippen LogP contribution < -0.4 is 5.73 Å². The van der Waals surface area contributed by atoms with E-state index in [1.54, 1.807) is 0 Å². The van der Waals surface area contributed by atoms with Gasteiger partial charge in [-0.2, -0.15) is 0 Å². The third-order valence-corrected chi connectivity index (χ3v) is 4.37. The van der Waals surface area contributed by atoms with Crippen LogP contribution in [-0.2, 0) is 4.74 Å². The number of aromatic nitrogens is 1. The molecule has 1 unspecified atom stereocenters. The van der Waals surface area contributed by atoms with Crippen molar-refractivity contribution in [1.29, 1.82) is 0 Å². The van der Waals surface area contributed by atoms with Gasteiger partial charge in [-0.25, -0.2) is 0 Å². The van der Waals surface area contributed by atoms with Gasteiger partial charge in [0.2, 0.25) is 0 Å².